The van der Waals surface area contributed by atoms with Crippen molar-refractivity contribution in [1.82, 2.24) is 4.72 Å². The summed E-state index contributed by atoms with van der Waals surface area (Å²) < 4.78 is 30.6. The van der Waals surface area contributed by atoms with Gasteiger partial charge >= 0.3 is 5.97 Å². The van der Waals surface area contributed by atoms with E-state index in [-0.39, 0.29) is 37.3 Å². The van der Waals surface area contributed by atoms with Gasteiger partial charge in [-0.1, -0.05) is 13.8 Å². The highest BCUT2D eigenvalue weighted by Gasteiger charge is 2.21. The number of carbonyl (C=O) groups is 1. The van der Waals surface area contributed by atoms with E-state index in [0.29, 0.717) is 6.42 Å². The van der Waals surface area contributed by atoms with Crippen LogP contribution in [0.3, 0.4) is 0 Å². The number of aliphatic hydroxyl groups is 1. The first kappa shape index (κ1) is 17.3. The van der Waals surface area contributed by atoms with E-state index in [9.17, 15) is 13.2 Å². The molecule has 2 N–H and O–H groups in total. The van der Waals surface area contributed by atoms with Gasteiger partial charge in [-0.25, -0.2) is 13.1 Å². The molecule has 7 heteroatoms. The topological polar surface area (TPSA) is 92.7 Å². The molecule has 0 rings (SSSR count). The molecule has 1 atom stereocenters. The molecule has 0 aromatic carbocycles. The number of rotatable bonds is 9. The fourth-order valence-corrected chi connectivity index (χ4v) is 2.81. The maximum Gasteiger partial charge on any atom is 0.306 e. The summed E-state index contributed by atoms with van der Waals surface area (Å²) in [6.07, 6.45) is 0.198. The van der Waals surface area contributed by atoms with Crippen LogP contribution in [-0.4, -0.2) is 44.5 Å². The molecule has 0 spiro atoms. The molecule has 0 aliphatic heterocycles. The van der Waals surface area contributed by atoms with Crippen LogP contribution < -0.4 is 4.72 Å². The monoisotopic (exact) mass is 281 g/mol. The zero-order valence-corrected chi connectivity index (χ0v) is 12.0. The van der Waals surface area contributed by atoms with Gasteiger partial charge in [0.15, 0.2) is 0 Å². The summed E-state index contributed by atoms with van der Waals surface area (Å²) in [7, 11) is -3.52. The van der Waals surface area contributed by atoms with E-state index >= 15 is 0 Å². The SMILES string of the molecule is CCOC(=O)CCS(=O)(=O)NC(CCO)C(C)C. The molecular formula is C11H23NO5S. The van der Waals surface area contributed by atoms with Crippen molar-refractivity contribution in [2.75, 3.05) is 19.0 Å². The van der Waals surface area contributed by atoms with Crippen LogP contribution in [0.15, 0.2) is 0 Å². The molecule has 0 bridgehead atoms. The number of nitrogens with one attached hydrogen (secondary N) is 1. The fraction of sp³-hybridized carbons (Fsp3) is 0.909. The quantitative estimate of drug-likeness (QED) is 0.592. The number of aliphatic hydroxyl groups excluding tert-OH is 1. The predicted octanol–water partition coefficient (Wildman–Crippen LogP) is 0.266. The van der Waals surface area contributed by atoms with Gasteiger partial charge in [-0.2, -0.15) is 0 Å². The normalized spacial score (nSPS) is 13.6. The van der Waals surface area contributed by atoms with Crippen molar-refractivity contribution in [2.24, 2.45) is 5.92 Å². The second-order valence-electron chi connectivity index (χ2n) is 4.35. The second-order valence-corrected chi connectivity index (χ2v) is 6.23. The third-order valence-electron chi connectivity index (χ3n) is 2.46. The predicted molar refractivity (Wildman–Crippen MR) is 68.5 cm³/mol. The summed E-state index contributed by atoms with van der Waals surface area (Å²) in [6.45, 7) is 5.57. The molecular weight excluding hydrogens is 258 g/mol. The number of hydrogen-bond acceptors (Lipinski definition) is 5. The molecule has 0 heterocycles. The highest BCUT2D eigenvalue weighted by molar-refractivity contribution is 7.89. The lowest BCUT2D eigenvalue weighted by Gasteiger charge is -2.21. The first-order valence-electron chi connectivity index (χ1n) is 6.08. The van der Waals surface area contributed by atoms with Crippen LogP contribution in [0.25, 0.3) is 0 Å². The lowest BCUT2D eigenvalue weighted by Crippen LogP contribution is -2.40. The fourth-order valence-electron chi connectivity index (χ4n) is 1.41. The Hall–Kier alpha value is -0.660. The van der Waals surface area contributed by atoms with Gasteiger partial charge in [0, 0.05) is 12.6 Å². The van der Waals surface area contributed by atoms with Gasteiger partial charge < -0.3 is 9.84 Å². The number of esters is 1. The van der Waals surface area contributed by atoms with Crippen molar-refractivity contribution in [1.29, 1.82) is 0 Å². The van der Waals surface area contributed by atoms with Crippen LogP contribution in [0.1, 0.15) is 33.6 Å². The maximum atomic E-state index is 11.7. The van der Waals surface area contributed by atoms with E-state index in [2.05, 4.69) is 9.46 Å². The smallest absolute Gasteiger partial charge is 0.306 e. The Morgan fingerprint density at radius 1 is 1.39 bits per heavy atom. The third-order valence-corrected chi connectivity index (χ3v) is 3.86. The lowest BCUT2D eigenvalue weighted by molar-refractivity contribution is -0.142. The zero-order chi connectivity index (χ0) is 14.2. The van der Waals surface area contributed by atoms with Gasteiger partial charge in [-0.05, 0) is 19.3 Å². The number of carbonyl (C=O) groups excluding carboxylic acids is 1. The second kappa shape index (κ2) is 8.44. The Morgan fingerprint density at radius 2 is 2.00 bits per heavy atom. The minimum Gasteiger partial charge on any atom is -0.466 e. The summed E-state index contributed by atoms with van der Waals surface area (Å²) in [6, 6.07) is -0.317. The van der Waals surface area contributed by atoms with Gasteiger partial charge in [-0.15, -0.1) is 0 Å². The van der Waals surface area contributed by atoms with E-state index in [1.165, 1.54) is 0 Å². The largest absolute Gasteiger partial charge is 0.466 e. The Morgan fingerprint density at radius 3 is 2.44 bits per heavy atom. The van der Waals surface area contributed by atoms with Gasteiger partial charge in [0.05, 0.1) is 18.8 Å². The minimum absolute atomic E-state index is 0.0783. The van der Waals surface area contributed by atoms with Crippen molar-refractivity contribution in [3.05, 3.63) is 0 Å². The number of sulfonamides is 1. The van der Waals surface area contributed by atoms with E-state index < -0.39 is 16.0 Å². The lowest BCUT2D eigenvalue weighted by atomic mass is 10.0. The molecule has 0 amide bonds. The maximum absolute atomic E-state index is 11.7. The molecule has 0 saturated heterocycles. The van der Waals surface area contributed by atoms with Gasteiger partial charge in [0.25, 0.3) is 0 Å². The first-order valence-corrected chi connectivity index (χ1v) is 7.74. The molecule has 0 saturated carbocycles. The van der Waals surface area contributed by atoms with Gasteiger partial charge in [0.1, 0.15) is 0 Å². The molecule has 0 aliphatic carbocycles. The average Bonchev–Trinajstić information content (AvgIpc) is 2.26. The average molecular weight is 281 g/mol. The van der Waals surface area contributed by atoms with E-state index in [1.807, 2.05) is 13.8 Å². The van der Waals surface area contributed by atoms with Crippen LogP contribution in [-0.2, 0) is 19.6 Å². The summed E-state index contributed by atoms with van der Waals surface area (Å²) in [5, 5.41) is 8.86. The Balaban J connectivity index is 4.32. The third kappa shape index (κ3) is 7.62. The summed E-state index contributed by atoms with van der Waals surface area (Å²) in [5.74, 6) is -0.735. The zero-order valence-electron chi connectivity index (χ0n) is 11.2. The summed E-state index contributed by atoms with van der Waals surface area (Å²) in [4.78, 5) is 11.1. The molecule has 0 fully saturated rings. The molecule has 0 aromatic heterocycles. The van der Waals surface area contributed by atoms with Crippen LogP contribution >= 0.6 is 0 Å². The highest BCUT2D eigenvalue weighted by atomic mass is 32.2. The van der Waals surface area contributed by atoms with Crippen molar-refractivity contribution < 1.29 is 23.1 Å². The summed E-state index contributed by atoms with van der Waals surface area (Å²) in [5.41, 5.74) is 0. The molecule has 0 radical (unpaired) electrons. The highest BCUT2D eigenvalue weighted by Crippen LogP contribution is 2.08. The molecule has 1 unspecified atom stereocenters. The number of hydrogen-bond donors (Lipinski definition) is 2. The molecule has 18 heavy (non-hydrogen) atoms. The first-order chi connectivity index (χ1) is 8.32. The molecule has 6 nitrogen and oxygen atoms in total. The van der Waals surface area contributed by atoms with Gasteiger partial charge in [-0.3, -0.25) is 4.79 Å². The molecule has 108 valence electrons. The molecule has 0 aromatic rings. The van der Waals surface area contributed by atoms with Crippen LogP contribution in [0.4, 0.5) is 0 Å². The van der Waals surface area contributed by atoms with Crippen molar-refractivity contribution in [3.8, 4) is 0 Å². The standard InChI is InChI=1S/C11H23NO5S/c1-4-17-11(14)6-8-18(15,16)12-10(5-7-13)9(2)3/h9-10,12-13H,4-8H2,1-3H3. The summed E-state index contributed by atoms with van der Waals surface area (Å²) >= 11 is 0. The molecule has 0 aliphatic rings. The van der Waals surface area contributed by atoms with E-state index in [4.69, 9.17) is 5.11 Å². The van der Waals surface area contributed by atoms with Gasteiger partial charge in [0.2, 0.25) is 10.0 Å². The van der Waals surface area contributed by atoms with Crippen molar-refractivity contribution in [3.63, 3.8) is 0 Å². The van der Waals surface area contributed by atoms with E-state index in [0.717, 1.165) is 0 Å². The van der Waals surface area contributed by atoms with Crippen molar-refractivity contribution in [2.45, 2.75) is 39.7 Å². The van der Waals surface area contributed by atoms with E-state index in [1.54, 1.807) is 6.92 Å². The van der Waals surface area contributed by atoms with Crippen LogP contribution in [0.2, 0.25) is 0 Å². The van der Waals surface area contributed by atoms with Crippen molar-refractivity contribution >= 4 is 16.0 Å². The number of ether oxygens (including phenoxy) is 1. The minimum atomic E-state index is -3.52. The van der Waals surface area contributed by atoms with Crippen LogP contribution in [0.5, 0.6) is 0 Å². The Bertz CT molecular complexity index is 339. The Labute approximate surface area is 109 Å². The van der Waals surface area contributed by atoms with Crippen LogP contribution in [0, 0.1) is 5.92 Å². The Kier molecular flexibility index (Phi) is 8.13.